The molecule has 1 aromatic rings. The van der Waals surface area contributed by atoms with E-state index in [1.807, 2.05) is 6.07 Å². The Labute approximate surface area is 117 Å². The zero-order valence-corrected chi connectivity index (χ0v) is 13.0. The van der Waals surface area contributed by atoms with Crippen LogP contribution < -0.4 is 5.32 Å². The highest BCUT2D eigenvalue weighted by molar-refractivity contribution is 9.10. The van der Waals surface area contributed by atoms with Crippen molar-refractivity contribution in [2.75, 3.05) is 11.9 Å². The van der Waals surface area contributed by atoms with Crippen LogP contribution in [0.15, 0.2) is 10.7 Å². The molecule has 0 radical (unpaired) electrons. The van der Waals surface area contributed by atoms with Crippen LogP contribution in [0.5, 0.6) is 0 Å². The Morgan fingerprint density at radius 1 is 1.28 bits per heavy atom. The zero-order valence-electron chi connectivity index (χ0n) is 11.4. The molecule has 0 aliphatic rings. The van der Waals surface area contributed by atoms with Crippen LogP contribution in [-0.2, 0) is 0 Å². The predicted octanol–water partition coefficient (Wildman–Crippen LogP) is 3.18. The number of aliphatic hydroxyl groups is 1. The molecule has 1 rings (SSSR count). The average molecular weight is 316 g/mol. The molecule has 1 atom stereocenters. The summed E-state index contributed by atoms with van der Waals surface area (Å²) in [5, 5.41) is 12.5. The Morgan fingerprint density at radius 2 is 1.94 bits per heavy atom. The number of nitrogens with one attached hydrogen (secondary N) is 1. The van der Waals surface area contributed by atoms with Crippen molar-refractivity contribution in [3.05, 3.63) is 16.5 Å². The molecule has 0 aromatic carbocycles. The van der Waals surface area contributed by atoms with Gasteiger partial charge in [0.05, 0.1) is 0 Å². The molecule has 0 saturated carbocycles. The van der Waals surface area contributed by atoms with E-state index in [4.69, 9.17) is 5.11 Å². The van der Waals surface area contributed by atoms with E-state index < -0.39 is 0 Å². The second kappa shape index (κ2) is 7.04. The van der Waals surface area contributed by atoms with Gasteiger partial charge in [-0.2, -0.15) is 0 Å². The van der Waals surface area contributed by atoms with Gasteiger partial charge in [-0.25, -0.2) is 9.97 Å². The molecule has 0 fully saturated rings. The molecule has 4 nitrogen and oxygen atoms in total. The molecule has 2 N–H and O–H groups in total. The highest BCUT2D eigenvalue weighted by Gasteiger charge is 2.14. The molecule has 1 heterocycles. The molecule has 102 valence electrons. The summed E-state index contributed by atoms with van der Waals surface area (Å²) in [5.74, 6) is 2.36. The minimum atomic E-state index is 0.180. The minimum absolute atomic E-state index is 0.180. The van der Waals surface area contributed by atoms with Crippen LogP contribution in [0.1, 0.15) is 45.9 Å². The number of hydrogen-bond acceptors (Lipinski definition) is 4. The Balaban J connectivity index is 2.88. The molecule has 0 saturated heterocycles. The first-order chi connectivity index (χ1) is 8.43. The molecule has 0 bridgehead atoms. The standard InChI is InChI=1S/C13H22BrN3O/c1-8(2)10(5-6-18)15-12-7-11(14)16-13(17-12)9(3)4/h7-10,18H,5-6H2,1-4H3,(H,15,16,17). The van der Waals surface area contributed by atoms with Crippen LogP contribution in [0.25, 0.3) is 0 Å². The average Bonchev–Trinajstić information content (AvgIpc) is 2.27. The van der Waals surface area contributed by atoms with E-state index >= 15 is 0 Å². The summed E-state index contributed by atoms with van der Waals surface area (Å²) in [6, 6.07) is 2.09. The van der Waals surface area contributed by atoms with Gasteiger partial charge in [-0.1, -0.05) is 27.7 Å². The molecule has 0 aliphatic heterocycles. The molecule has 5 heteroatoms. The maximum atomic E-state index is 9.08. The van der Waals surface area contributed by atoms with Gasteiger partial charge >= 0.3 is 0 Å². The van der Waals surface area contributed by atoms with Gasteiger partial charge in [-0.3, -0.25) is 0 Å². The predicted molar refractivity (Wildman–Crippen MR) is 77.8 cm³/mol. The molecule has 0 amide bonds. The quantitative estimate of drug-likeness (QED) is 0.792. The molecule has 1 unspecified atom stereocenters. The number of rotatable bonds is 6. The smallest absolute Gasteiger partial charge is 0.134 e. The SMILES string of the molecule is CC(C)c1nc(Br)cc(NC(CCO)C(C)C)n1. The van der Waals surface area contributed by atoms with E-state index in [2.05, 4.69) is 58.9 Å². The van der Waals surface area contributed by atoms with Gasteiger partial charge in [0.15, 0.2) is 0 Å². The fourth-order valence-corrected chi connectivity index (χ4v) is 2.07. The van der Waals surface area contributed by atoms with Crippen molar-refractivity contribution in [1.82, 2.24) is 9.97 Å². The number of anilines is 1. The summed E-state index contributed by atoms with van der Waals surface area (Å²) >= 11 is 3.41. The largest absolute Gasteiger partial charge is 0.396 e. The second-order valence-electron chi connectivity index (χ2n) is 5.10. The lowest BCUT2D eigenvalue weighted by Crippen LogP contribution is -2.27. The van der Waals surface area contributed by atoms with Gasteiger partial charge in [-0.15, -0.1) is 0 Å². The zero-order chi connectivity index (χ0) is 13.7. The lowest BCUT2D eigenvalue weighted by atomic mass is 10.0. The fourth-order valence-electron chi connectivity index (χ4n) is 1.67. The molecular formula is C13H22BrN3O. The molecule has 0 aliphatic carbocycles. The Morgan fingerprint density at radius 3 is 2.44 bits per heavy atom. The number of aromatic nitrogens is 2. The molecule has 18 heavy (non-hydrogen) atoms. The van der Waals surface area contributed by atoms with E-state index in [-0.39, 0.29) is 12.6 Å². The van der Waals surface area contributed by atoms with Crippen molar-refractivity contribution in [3.63, 3.8) is 0 Å². The first kappa shape index (κ1) is 15.4. The van der Waals surface area contributed by atoms with Crippen molar-refractivity contribution in [2.45, 2.75) is 46.1 Å². The van der Waals surface area contributed by atoms with Gasteiger partial charge < -0.3 is 10.4 Å². The Kier molecular flexibility index (Phi) is 6.02. The van der Waals surface area contributed by atoms with E-state index in [0.29, 0.717) is 11.8 Å². The Hall–Kier alpha value is -0.680. The summed E-state index contributed by atoms with van der Waals surface area (Å²) in [5.41, 5.74) is 0. The first-order valence-electron chi connectivity index (χ1n) is 6.36. The topological polar surface area (TPSA) is 58.0 Å². The third kappa shape index (κ3) is 4.53. The Bertz CT molecular complexity index is 382. The van der Waals surface area contributed by atoms with Crippen molar-refractivity contribution < 1.29 is 5.11 Å². The first-order valence-corrected chi connectivity index (χ1v) is 7.15. The highest BCUT2D eigenvalue weighted by Crippen LogP contribution is 2.20. The van der Waals surface area contributed by atoms with Crippen molar-refractivity contribution in [3.8, 4) is 0 Å². The number of hydrogen-bond donors (Lipinski definition) is 2. The normalized spacial score (nSPS) is 13.1. The van der Waals surface area contributed by atoms with Gasteiger partial charge in [0.2, 0.25) is 0 Å². The summed E-state index contributed by atoms with van der Waals surface area (Å²) in [6.07, 6.45) is 0.719. The van der Waals surface area contributed by atoms with Crippen LogP contribution in [-0.4, -0.2) is 27.7 Å². The third-order valence-electron chi connectivity index (χ3n) is 2.81. The molecular weight excluding hydrogens is 294 g/mol. The highest BCUT2D eigenvalue weighted by atomic mass is 79.9. The van der Waals surface area contributed by atoms with E-state index in [0.717, 1.165) is 22.7 Å². The maximum Gasteiger partial charge on any atom is 0.134 e. The third-order valence-corrected chi connectivity index (χ3v) is 3.21. The van der Waals surface area contributed by atoms with Gasteiger partial charge in [0.25, 0.3) is 0 Å². The van der Waals surface area contributed by atoms with Gasteiger partial charge in [0, 0.05) is 24.6 Å². The van der Waals surface area contributed by atoms with Gasteiger partial charge in [0.1, 0.15) is 16.2 Å². The molecule has 1 aromatic heterocycles. The van der Waals surface area contributed by atoms with Crippen LogP contribution in [0.3, 0.4) is 0 Å². The van der Waals surface area contributed by atoms with Gasteiger partial charge in [-0.05, 0) is 28.3 Å². The lowest BCUT2D eigenvalue weighted by molar-refractivity contribution is 0.267. The fraction of sp³-hybridized carbons (Fsp3) is 0.692. The van der Waals surface area contributed by atoms with E-state index in [1.54, 1.807) is 0 Å². The van der Waals surface area contributed by atoms with E-state index in [1.165, 1.54) is 0 Å². The second-order valence-corrected chi connectivity index (χ2v) is 5.91. The summed E-state index contributed by atoms with van der Waals surface area (Å²) in [4.78, 5) is 8.85. The monoisotopic (exact) mass is 315 g/mol. The van der Waals surface area contributed by atoms with Crippen molar-refractivity contribution in [2.24, 2.45) is 5.92 Å². The van der Waals surface area contributed by atoms with Crippen LogP contribution >= 0.6 is 15.9 Å². The van der Waals surface area contributed by atoms with Crippen LogP contribution in [0, 0.1) is 5.92 Å². The molecule has 0 spiro atoms. The maximum absolute atomic E-state index is 9.08. The van der Waals surface area contributed by atoms with Crippen molar-refractivity contribution >= 4 is 21.7 Å². The van der Waals surface area contributed by atoms with Crippen LogP contribution in [0.2, 0.25) is 0 Å². The summed E-state index contributed by atoms with van der Waals surface area (Å²) < 4.78 is 0.787. The van der Waals surface area contributed by atoms with Crippen molar-refractivity contribution in [1.29, 1.82) is 0 Å². The number of halogens is 1. The number of nitrogens with zero attached hydrogens (tertiary/aromatic N) is 2. The minimum Gasteiger partial charge on any atom is -0.396 e. The summed E-state index contributed by atoms with van der Waals surface area (Å²) in [7, 11) is 0. The summed E-state index contributed by atoms with van der Waals surface area (Å²) in [6.45, 7) is 8.58. The van der Waals surface area contributed by atoms with Crippen LogP contribution in [0.4, 0.5) is 5.82 Å². The lowest BCUT2D eigenvalue weighted by Gasteiger charge is -2.22. The number of aliphatic hydroxyl groups excluding tert-OH is 1. The van der Waals surface area contributed by atoms with E-state index in [9.17, 15) is 0 Å².